The molecule has 0 rings (SSSR count). The smallest absolute Gasteiger partial charge is 0.327 e. The first kappa shape index (κ1) is 31.9. The molecule has 14 nitrogen and oxygen atoms in total. The Bertz CT molecular complexity index is 777. The Labute approximate surface area is 209 Å². The van der Waals surface area contributed by atoms with Gasteiger partial charge in [0.1, 0.15) is 18.1 Å². The first-order chi connectivity index (χ1) is 16.3. The average molecular weight is 520 g/mol. The van der Waals surface area contributed by atoms with Gasteiger partial charge in [-0.15, -0.1) is 0 Å². The van der Waals surface area contributed by atoms with Gasteiger partial charge in [0.05, 0.1) is 6.04 Å². The van der Waals surface area contributed by atoms with Gasteiger partial charge >= 0.3 is 11.9 Å². The minimum Gasteiger partial charge on any atom is -0.481 e. The molecule has 35 heavy (non-hydrogen) atoms. The lowest BCUT2D eigenvalue weighted by Gasteiger charge is -2.28. The van der Waals surface area contributed by atoms with Gasteiger partial charge in [0, 0.05) is 18.7 Å². The van der Waals surface area contributed by atoms with E-state index in [0.717, 1.165) is 0 Å². The van der Waals surface area contributed by atoms with Crippen LogP contribution in [0.4, 0.5) is 0 Å². The maximum Gasteiger partial charge on any atom is 0.327 e. The van der Waals surface area contributed by atoms with Crippen molar-refractivity contribution in [1.82, 2.24) is 16.0 Å². The lowest BCUT2D eigenvalue weighted by atomic mass is 9.97. The Morgan fingerprint density at radius 3 is 2.03 bits per heavy atom. The molecule has 0 aromatic rings. The Morgan fingerprint density at radius 2 is 1.54 bits per heavy atom. The summed E-state index contributed by atoms with van der Waals surface area (Å²) in [4.78, 5) is 64.1. The number of hydrogen-bond acceptors (Lipinski definition) is 8. The minimum atomic E-state index is -1.29. The maximum absolute atomic E-state index is 13.1. The second-order valence-corrected chi connectivity index (χ2v) is 8.37. The molecule has 0 bridgehead atoms. The van der Waals surface area contributed by atoms with Crippen LogP contribution < -0.4 is 33.2 Å². The maximum atomic E-state index is 13.1. The first-order valence-electron chi connectivity index (χ1n) is 11.1. The van der Waals surface area contributed by atoms with Crippen LogP contribution >= 0.6 is 12.6 Å². The summed E-state index contributed by atoms with van der Waals surface area (Å²) in [5.41, 5.74) is 16.3. The number of guanidine groups is 1. The summed E-state index contributed by atoms with van der Waals surface area (Å²) in [5, 5.41) is 25.4. The van der Waals surface area contributed by atoms with Crippen LogP contribution in [0.15, 0.2) is 4.99 Å². The molecule has 3 amide bonds. The molecule has 0 aliphatic rings. The molecule has 0 aromatic carbocycles. The highest BCUT2D eigenvalue weighted by Gasteiger charge is 2.32. The molecular formula is C20H37N7O7S. The summed E-state index contributed by atoms with van der Waals surface area (Å²) in [6.45, 7) is 3.67. The van der Waals surface area contributed by atoms with Crippen LogP contribution in [0.25, 0.3) is 0 Å². The largest absolute Gasteiger partial charge is 0.481 e. The summed E-state index contributed by atoms with van der Waals surface area (Å²) in [6.07, 6.45) is 0.418. The third-order valence-corrected chi connectivity index (χ3v) is 5.54. The van der Waals surface area contributed by atoms with Gasteiger partial charge in [-0.05, 0) is 25.2 Å². The summed E-state index contributed by atoms with van der Waals surface area (Å²) >= 11 is 3.91. The lowest BCUT2D eigenvalue weighted by molar-refractivity contribution is -0.142. The number of nitrogens with zero attached hydrogens (tertiary/aromatic N) is 1. The zero-order chi connectivity index (χ0) is 27.1. The third kappa shape index (κ3) is 12.8. The van der Waals surface area contributed by atoms with Crippen LogP contribution in [0.3, 0.4) is 0 Å². The van der Waals surface area contributed by atoms with E-state index in [2.05, 4.69) is 33.6 Å². The molecule has 0 aliphatic carbocycles. The van der Waals surface area contributed by atoms with Crippen molar-refractivity contribution in [3.05, 3.63) is 0 Å². The van der Waals surface area contributed by atoms with Gasteiger partial charge in [0.15, 0.2) is 5.96 Å². The quantitative estimate of drug-likeness (QED) is 0.0431. The fraction of sp³-hybridized carbons (Fsp3) is 0.700. The molecule has 0 heterocycles. The number of nitrogens with two attached hydrogens (primary N) is 3. The van der Waals surface area contributed by atoms with Crippen molar-refractivity contribution in [2.75, 3.05) is 12.3 Å². The van der Waals surface area contributed by atoms with Crippen molar-refractivity contribution in [2.24, 2.45) is 28.1 Å². The Morgan fingerprint density at radius 1 is 0.943 bits per heavy atom. The van der Waals surface area contributed by atoms with E-state index in [1.54, 1.807) is 13.8 Å². The summed E-state index contributed by atoms with van der Waals surface area (Å²) in [5.74, 6) is -5.22. The number of carbonyl (C=O) groups is 5. The van der Waals surface area contributed by atoms with Gasteiger partial charge in [-0.2, -0.15) is 12.6 Å². The number of aliphatic imine (C=N–C) groups is 1. The van der Waals surface area contributed by atoms with E-state index in [0.29, 0.717) is 6.42 Å². The number of thiol groups is 1. The van der Waals surface area contributed by atoms with Gasteiger partial charge < -0.3 is 43.4 Å². The molecule has 0 aliphatic heterocycles. The van der Waals surface area contributed by atoms with Crippen LogP contribution in [0, 0.1) is 5.92 Å². The number of aliphatic carboxylic acids is 2. The topological polar surface area (TPSA) is 252 Å². The van der Waals surface area contributed by atoms with Crippen LogP contribution in [0.5, 0.6) is 0 Å². The molecule has 200 valence electrons. The molecule has 11 N–H and O–H groups in total. The van der Waals surface area contributed by atoms with Crippen molar-refractivity contribution < 1.29 is 34.2 Å². The van der Waals surface area contributed by atoms with Crippen LogP contribution in [-0.2, 0) is 24.0 Å². The third-order valence-electron chi connectivity index (χ3n) is 5.17. The standard InChI is InChI=1S/C20H37N7O7S/c1-3-10(2)15(27-16(30)11(21)6-7-14(28)29)18(32)25-12(5-4-8-24-20(22)23)17(31)26-13(9-35)19(33)34/h10-13,15,35H,3-9,21H2,1-2H3,(H,25,32)(H,26,31)(H,27,30)(H,28,29)(H,33,34)(H4,22,23,24). The van der Waals surface area contributed by atoms with Gasteiger partial charge in [0.25, 0.3) is 0 Å². The van der Waals surface area contributed by atoms with E-state index in [4.69, 9.17) is 22.3 Å². The normalized spacial score (nSPS) is 15.0. The number of nitrogens with one attached hydrogen (secondary N) is 3. The lowest BCUT2D eigenvalue weighted by Crippen LogP contribution is -2.58. The molecular weight excluding hydrogens is 482 g/mol. The van der Waals surface area contributed by atoms with Gasteiger partial charge in [-0.1, -0.05) is 20.3 Å². The highest BCUT2D eigenvalue weighted by atomic mass is 32.1. The van der Waals surface area contributed by atoms with E-state index in [1.165, 1.54) is 0 Å². The monoisotopic (exact) mass is 519 g/mol. The molecule has 5 atom stereocenters. The number of hydrogen-bond donors (Lipinski definition) is 9. The van der Waals surface area contributed by atoms with Crippen LogP contribution in [-0.4, -0.2) is 82.3 Å². The predicted octanol–water partition coefficient (Wildman–Crippen LogP) is -2.25. The summed E-state index contributed by atoms with van der Waals surface area (Å²) < 4.78 is 0. The van der Waals surface area contributed by atoms with Crippen molar-refractivity contribution in [3.8, 4) is 0 Å². The molecule has 0 saturated heterocycles. The number of rotatable bonds is 17. The number of carboxylic acid groups (broad SMARTS) is 2. The van der Waals surface area contributed by atoms with E-state index in [1.807, 2.05) is 0 Å². The average Bonchev–Trinajstić information content (AvgIpc) is 2.79. The molecule has 0 saturated carbocycles. The zero-order valence-corrected chi connectivity index (χ0v) is 20.8. The van der Waals surface area contributed by atoms with E-state index in [9.17, 15) is 29.1 Å². The van der Waals surface area contributed by atoms with E-state index >= 15 is 0 Å². The van der Waals surface area contributed by atoms with E-state index < -0.39 is 53.8 Å². The van der Waals surface area contributed by atoms with Crippen molar-refractivity contribution in [1.29, 1.82) is 0 Å². The molecule has 0 spiro atoms. The molecule has 5 unspecified atom stereocenters. The highest BCUT2D eigenvalue weighted by Crippen LogP contribution is 2.10. The minimum absolute atomic E-state index is 0.0760. The van der Waals surface area contributed by atoms with E-state index in [-0.39, 0.29) is 49.9 Å². The summed E-state index contributed by atoms with van der Waals surface area (Å²) in [7, 11) is 0. The van der Waals surface area contributed by atoms with Crippen molar-refractivity contribution in [3.63, 3.8) is 0 Å². The fourth-order valence-corrected chi connectivity index (χ4v) is 3.11. The first-order valence-corrected chi connectivity index (χ1v) is 11.7. The van der Waals surface area contributed by atoms with Gasteiger partial charge in [-0.25, -0.2) is 4.79 Å². The molecule has 0 fully saturated rings. The summed E-state index contributed by atoms with van der Waals surface area (Å²) in [6, 6.07) is -4.64. The fourth-order valence-electron chi connectivity index (χ4n) is 2.86. The SMILES string of the molecule is CCC(C)C(NC(=O)C(N)CCC(=O)O)C(=O)NC(CCCN=C(N)N)C(=O)NC(CS)C(=O)O. The second-order valence-electron chi connectivity index (χ2n) is 8.00. The van der Waals surface area contributed by atoms with Crippen molar-refractivity contribution >= 4 is 48.2 Å². The van der Waals surface area contributed by atoms with Gasteiger partial charge in [0.2, 0.25) is 17.7 Å². The second kappa shape index (κ2) is 16.5. The highest BCUT2D eigenvalue weighted by molar-refractivity contribution is 7.80. The van der Waals surface area contributed by atoms with Gasteiger partial charge in [-0.3, -0.25) is 24.2 Å². The predicted molar refractivity (Wildman–Crippen MR) is 131 cm³/mol. The molecule has 0 radical (unpaired) electrons. The molecule has 0 aromatic heterocycles. The Balaban J connectivity index is 5.55. The molecule has 15 heteroatoms. The van der Waals surface area contributed by atoms with Crippen LogP contribution in [0.2, 0.25) is 0 Å². The zero-order valence-electron chi connectivity index (χ0n) is 19.9. The number of amides is 3. The number of carboxylic acids is 2. The van der Waals surface area contributed by atoms with Crippen molar-refractivity contribution in [2.45, 2.75) is 70.1 Å². The number of carbonyl (C=O) groups excluding carboxylic acids is 3. The van der Waals surface area contributed by atoms with Crippen LogP contribution in [0.1, 0.15) is 46.0 Å². The Kier molecular flexibility index (Phi) is 15.1. The Hall–Kier alpha value is -3.07.